The van der Waals surface area contributed by atoms with Gasteiger partial charge in [0, 0.05) is 16.1 Å². The fraction of sp³-hybridized carbons (Fsp3) is 0.125. The van der Waals surface area contributed by atoms with Gasteiger partial charge in [-0.1, -0.05) is 71.9 Å². The molecule has 0 aromatic heterocycles. The normalized spacial score (nSPS) is 15.2. The Hall–Kier alpha value is -3.08. The third kappa shape index (κ3) is 4.04. The number of carbonyl (C=O) groups is 1. The van der Waals surface area contributed by atoms with E-state index < -0.39 is 0 Å². The average molecular weight is 406 g/mol. The first-order valence-electron chi connectivity index (χ1n) is 9.40. The quantitative estimate of drug-likeness (QED) is 0.663. The molecule has 0 aliphatic carbocycles. The predicted molar refractivity (Wildman–Crippen MR) is 111 cm³/mol. The molecule has 146 valence electrons. The van der Waals surface area contributed by atoms with E-state index in [1.54, 1.807) is 18.2 Å². The molecule has 4 rings (SSSR count). The van der Waals surface area contributed by atoms with E-state index in [2.05, 4.69) is 12.1 Å². The highest BCUT2D eigenvalue weighted by Gasteiger charge is 2.30. The van der Waals surface area contributed by atoms with Crippen LogP contribution in [0.25, 0.3) is 6.08 Å². The van der Waals surface area contributed by atoms with Gasteiger partial charge in [0.15, 0.2) is 5.76 Å². The van der Waals surface area contributed by atoms with Crippen molar-refractivity contribution in [2.24, 2.45) is 0 Å². The van der Waals surface area contributed by atoms with Gasteiger partial charge in [-0.25, -0.2) is 0 Å². The maximum Gasteiger partial charge on any atom is 0.231 e. The Labute approximate surface area is 174 Å². The minimum absolute atomic E-state index is 0.122. The van der Waals surface area contributed by atoms with Crippen LogP contribution in [0.3, 0.4) is 0 Å². The first-order chi connectivity index (χ1) is 14.0. The topological polar surface area (TPSA) is 53.8 Å². The second kappa shape index (κ2) is 8.11. The molecule has 3 aromatic carbocycles. The zero-order chi connectivity index (χ0) is 20.4. The Morgan fingerprint density at radius 3 is 2.48 bits per heavy atom. The van der Waals surface area contributed by atoms with E-state index in [1.807, 2.05) is 43.4 Å². The molecule has 0 bridgehead atoms. The highest BCUT2D eigenvalue weighted by atomic mass is 35.5. The van der Waals surface area contributed by atoms with E-state index in [9.17, 15) is 9.90 Å². The van der Waals surface area contributed by atoms with Gasteiger partial charge < -0.3 is 14.7 Å². The fourth-order valence-corrected chi connectivity index (χ4v) is 3.69. The highest BCUT2D eigenvalue weighted by molar-refractivity contribution is 6.32. The average Bonchev–Trinajstić information content (AvgIpc) is 3.02. The molecule has 5 heteroatoms. The van der Waals surface area contributed by atoms with Crippen LogP contribution in [0.5, 0.6) is 11.5 Å². The molecule has 1 unspecified atom stereocenters. The Kier molecular flexibility index (Phi) is 5.38. The molecule has 4 nitrogen and oxygen atoms in total. The molecule has 0 saturated heterocycles. The largest absolute Gasteiger partial charge is 0.872 e. The summed E-state index contributed by atoms with van der Waals surface area (Å²) in [6.07, 6.45) is 1.62. The minimum atomic E-state index is -0.234. The summed E-state index contributed by atoms with van der Waals surface area (Å²) < 4.78 is 5.88. The van der Waals surface area contributed by atoms with Crippen LogP contribution in [-0.2, 0) is 13.1 Å². The number of Topliss-reactive ketones (excluding diaryl/α,β-unsaturated/α-hetero) is 1. The summed E-state index contributed by atoms with van der Waals surface area (Å²) >= 11 is 6.20. The van der Waals surface area contributed by atoms with E-state index in [0.29, 0.717) is 34.0 Å². The molecule has 0 fully saturated rings. The lowest BCUT2D eigenvalue weighted by molar-refractivity contribution is -0.907. The molecule has 3 aromatic rings. The maximum absolute atomic E-state index is 12.8. The zero-order valence-corrected chi connectivity index (χ0v) is 16.7. The van der Waals surface area contributed by atoms with E-state index in [0.717, 1.165) is 11.4 Å². The summed E-state index contributed by atoms with van der Waals surface area (Å²) in [6, 6.07) is 20.3. The lowest BCUT2D eigenvalue weighted by atomic mass is 10.0. The number of benzene rings is 3. The number of ether oxygens (including phenoxy) is 1. The number of fused-ring (bicyclic) bond motifs is 1. The third-order valence-corrected chi connectivity index (χ3v) is 5.26. The summed E-state index contributed by atoms with van der Waals surface area (Å²) in [5.74, 6) is 0.193. The number of hydrogen-bond donors (Lipinski definition) is 1. The molecule has 0 spiro atoms. The number of rotatable bonds is 5. The lowest BCUT2D eigenvalue weighted by Gasteiger charge is -2.20. The summed E-state index contributed by atoms with van der Waals surface area (Å²) in [5.41, 5.74) is 2.82. The van der Waals surface area contributed by atoms with Crippen LogP contribution < -0.4 is 14.7 Å². The SMILES string of the molecule is C[NH+](Cc1ccccc1)Cc1c([O-])ccc2c1O/C(=C\c1ccccc1Cl)C2=O. The molecule has 1 aliphatic heterocycles. The summed E-state index contributed by atoms with van der Waals surface area (Å²) in [5, 5.41) is 13.1. The monoisotopic (exact) mass is 405 g/mol. The Balaban J connectivity index is 1.62. The minimum Gasteiger partial charge on any atom is -0.872 e. The lowest BCUT2D eigenvalue weighted by Crippen LogP contribution is -3.06. The van der Waals surface area contributed by atoms with Crippen LogP contribution >= 0.6 is 11.6 Å². The van der Waals surface area contributed by atoms with Gasteiger partial charge in [0.1, 0.15) is 18.8 Å². The molecule has 29 heavy (non-hydrogen) atoms. The molecule has 0 saturated carbocycles. The number of allylic oxidation sites excluding steroid dienone is 1. The van der Waals surface area contributed by atoms with Crippen molar-refractivity contribution in [1.82, 2.24) is 0 Å². The number of halogens is 1. The second-order valence-electron chi connectivity index (χ2n) is 7.18. The fourth-order valence-electron chi connectivity index (χ4n) is 3.50. The standard InChI is InChI=1S/C24H20ClNO3/c1-26(14-16-7-3-2-4-8-16)15-19-21(27)12-11-18-23(28)22(29-24(18)19)13-17-9-5-6-10-20(17)25/h2-13,27H,14-15H2,1H3/b22-13-. The van der Waals surface area contributed by atoms with Crippen LogP contribution in [0.4, 0.5) is 0 Å². The van der Waals surface area contributed by atoms with Crippen molar-refractivity contribution in [2.45, 2.75) is 13.1 Å². The van der Waals surface area contributed by atoms with Gasteiger partial charge in [-0.15, -0.1) is 0 Å². The van der Waals surface area contributed by atoms with E-state index in [1.165, 1.54) is 11.6 Å². The van der Waals surface area contributed by atoms with Crippen LogP contribution in [0.2, 0.25) is 5.02 Å². The number of nitrogens with one attached hydrogen (secondary N) is 1. The van der Waals surface area contributed by atoms with Gasteiger partial charge in [-0.2, -0.15) is 0 Å². The molecular formula is C24H20ClNO3. The highest BCUT2D eigenvalue weighted by Crippen LogP contribution is 2.38. The van der Waals surface area contributed by atoms with E-state index in [-0.39, 0.29) is 17.3 Å². The summed E-state index contributed by atoms with van der Waals surface area (Å²) in [7, 11) is 2.02. The number of ketones is 1. The summed E-state index contributed by atoms with van der Waals surface area (Å²) in [4.78, 5) is 13.9. The Morgan fingerprint density at radius 1 is 1.00 bits per heavy atom. The van der Waals surface area contributed by atoms with Gasteiger partial charge >= 0.3 is 0 Å². The Bertz CT molecular complexity index is 1090. The Morgan fingerprint density at radius 2 is 1.72 bits per heavy atom. The molecule has 0 amide bonds. The van der Waals surface area contributed by atoms with E-state index >= 15 is 0 Å². The van der Waals surface area contributed by atoms with E-state index in [4.69, 9.17) is 16.3 Å². The molecule has 1 N–H and O–H groups in total. The predicted octanol–water partition coefficient (Wildman–Crippen LogP) is 3.24. The van der Waals surface area contributed by atoms with Gasteiger partial charge in [0.05, 0.1) is 12.6 Å². The number of carbonyl (C=O) groups excluding carboxylic acids is 1. The van der Waals surface area contributed by atoms with Gasteiger partial charge in [-0.05, 0) is 23.8 Å². The maximum atomic E-state index is 12.8. The van der Waals surface area contributed by atoms with Crippen molar-refractivity contribution in [1.29, 1.82) is 0 Å². The van der Waals surface area contributed by atoms with Gasteiger partial charge in [0.25, 0.3) is 0 Å². The molecule has 1 aliphatic rings. The van der Waals surface area contributed by atoms with Crippen molar-refractivity contribution in [2.75, 3.05) is 7.05 Å². The third-order valence-electron chi connectivity index (χ3n) is 4.92. The molecular weight excluding hydrogens is 386 g/mol. The van der Waals surface area contributed by atoms with Crippen molar-refractivity contribution in [3.63, 3.8) is 0 Å². The van der Waals surface area contributed by atoms with Crippen LogP contribution in [0.1, 0.15) is 27.0 Å². The zero-order valence-electron chi connectivity index (χ0n) is 15.9. The van der Waals surface area contributed by atoms with Crippen molar-refractivity contribution >= 4 is 23.5 Å². The van der Waals surface area contributed by atoms with Crippen LogP contribution in [0, 0.1) is 0 Å². The second-order valence-corrected chi connectivity index (χ2v) is 7.58. The van der Waals surface area contributed by atoms with Crippen molar-refractivity contribution in [3.8, 4) is 11.5 Å². The smallest absolute Gasteiger partial charge is 0.231 e. The van der Waals surface area contributed by atoms with Crippen molar-refractivity contribution < 1.29 is 19.5 Å². The number of hydrogen-bond acceptors (Lipinski definition) is 3. The van der Waals surface area contributed by atoms with Crippen molar-refractivity contribution in [3.05, 3.63) is 99.8 Å². The van der Waals surface area contributed by atoms with Crippen LogP contribution in [-0.4, -0.2) is 12.8 Å². The molecule has 1 atom stereocenters. The number of quaternary nitrogens is 1. The first kappa shape index (κ1) is 19.2. The van der Waals surface area contributed by atoms with Crippen LogP contribution in [0.15, 0.2) is 72.5 Å². The molecule has 0 radical (unpaired) electrons. The first-order valence-corrected chi connectivity index (χ1v) is 9.77. The van der Waals surface area contributed by atoms with Gasteiger partial charge in [0.2, 0.25) is 5.78 Å². The van der Waals surface area contributed by atoms with Gasteiger partial charge in [-0.3, -0.25) is 4.79 Å². The summed E-state index contributed by atoms with van der Waals surface area (Å²) in [6.45, 7) is 1.23. The molecule has 1 heterocycles.